The Morgan fingerprint density at radius 1 is 1.00 bits per heavy atom. The summed E-state index contributed by atoms with van der Waals surface area (Å²) in [6, 6.07) is 15.7. The summed E-state index contributed by atoms with van der Waals surface area (Å²) in [7, 11) is 0. The number of benzene rings is 2. The number of aryl methyl sites for hydroxylation is 2. The molecule has 0 fully saturated rings. The predicted octanol–water partition coefficient (Wildman–Crippen LogP) is 4.44. The van der Waals surface area contributed by atoms with Crippen molar-refractivity contribution in [1.29, 1.82) is 0 Å². The molecule has 0 aliphatic heterocycles. The minimum Gasteiger partial charge on any atom is -0.322 e. The largest absolute Gasteiger partial charge is 0.322 e. The van der Waals surface area contributed by atoms with Crippen molar-refractivity contribution < 1.29 is 4.79 Å². The third-order valence-electron chi connectivity index (χ3n) is 3.22. The van der Waals surface area contributed by atoms with Crippen LogP contribution in [0.4, 0.5) is 5.69 Å². The first-order valence-corrected chi connectivity index (χ1v) is 7.90. The van der Waals surface area contributed by atoms with Gasteiger partial charge in [-0.05, 0) is 48.2 Å². The molecule has 0 aliphatic carbocycles. The number of carbonyl (C=O) groups excluding carboxylic acids is 1. The van der Waals surface area contributed by atoms with Gasteiger partial charge in [0.2, 0.25) is 0 Å². The Labute approximate surface area is 128 Å². The maximum Gasteiger partial charge on any atom is 0.255 e. The zero-order chi connectivity index (χ0) is 14.4. The topological polar surface area (TPSA) is 29.1 Å². The molecule has 2 nitrogen and oxygen atoms in total. The number of alkyl halides is 1. The van der Waals surface area contributed by atoms with Crippen molar-refractivity contribution in [3.8, 4) is 0 Å². The summed E-state index contributed by atoms with van der Waals surface area (Å²) in [5.74, 6) is -0.0686. The van der Waals surface area contributed by atoms with E-state index in [2.05, 4.69) is 28.2 Å². The molecular weight excluding hydrogens is 314 g/mol. The van der Waals surface area contributed by atoms with Crippen molar-refractivity contribution in [2.45, 2.75) is 19.8 Å². The first-order chi connectivity index (χ1) is 9.72. The van der Waals surface area contributed by atoms with Crippen LogP contribution in [0.15, 0.2) is 48.5 Å². The average Bonchev–Trinajstić information content (AvgIpc) is 2.49. The molecule has 2 aromatic carbocycles. The van der Waals surface area contributed by atoms with Gasteiger partial charge in [0.15, 0.2) is 0 Å². The van der Waals surface area contributed by atoms with Crippen LogP contribution in [0.1, 0.15) is 28.4 Å². The van der Waals surface area contributed by atoms with Crippen LogP contribution < -0.4 is 5.32 Å². The first kappa shape index (κ1) is 14.8. The van der Waals surface area contributed by atoms with Gasteiger partial charge in [0.1, 0.15) is 0 Å². The Hall–Kier alpha value is -1.61. The van der Waals surface area contributed by atoms with E-state index in [1.54, 1.807) is 0 Å². The SMILES string of the molecule is CCc1ccc(C(=O)Nc2ccc(CCBr)cc2)cc1. The number of carbonyl (C=O) groups is 1. The van der Waals surface area contributed by atoms with Gasteiger partial charge < -0.3 is 5.32 Å². The third-order valence-corrected chi connectivity index (χ3v) is 3.62. The van der Waals surface area contributed by atoms with E-state index in [4.69, 9.17) is 0 Å². The van der Waals surface area contributed by atoms with E-state index in [0.29, 0.717) is 5.56 Å². The maximum atomic E-state index is 12.1. The molecule has 3 heteroatoms. The smallest absolute Gasteiger partial charge is 0.255 e. The van der Waals surface area contributed by atoms with Crippen LogP contribution in [0.3, 0.4) is 0 Å². The van der Waals surface area contributed by atoms with Gasteiger partial charge in [-0.15, -0.1) is 0 Å². The van der Waals surface area contributed by atoms with Gasteiger partial charge >= 0.3 is 0 Å². The van der Waals surface area contributed by atoms with Crippen LogP contribution in [-0.2, 0) is 12.8 Å². The molecule has 0 heterocycles. The lowest BCUT2D eigenvalue weighted by atomic mass is 10.1. The highest BCUT2D eigenvalue weighted by atomic mass is 79.9. The number of halogens is 1. The van der Waals surface area contributed by atoms with Gasteiger partial charge in [0, 0.05) is 16.6 Å². The minimum absolute atomic E-state index is 0.0686. The molecule has 0 saturated carbocycles. The fourth-order valence-corrected chi connectivity index (χ4v) is 2.42. The van der Waals surface area contributed by atoms with E-state index in [1.807, 2.05) is 48.5 Å². The zero-order valence-electron chi connectivity index (χ0n) is 11.5. The van der Waals surface area contributed by atoms with E-state index >= 15 is 0 Å². The summed E-state index contributed by atoms with van der Waals surface area (Å²) < 4.78 is 0. The summed E-state index contributed by atoms with van der Waals surface area (Å²) in [6.07, 6.45) is 1.98. The fraction of sp³-hybridized carbons (Fsp3) is 0.235. The molecule has 1 amide bonds. The first-order valence-electron chi connectivity index (χ1n) is 6.78. The summed E-state index contributed by atoms with van der Waals surface area (Å²) in [5.41, 5.74) is 4.01. The molecule has 0 atom stereocenters. The predicted molar refractivity (Wildman–Crippen MR) is 87.7 cm³/mol. The number of hydrogen-bond donors (Lipinski definition) is 1. The second-order valence-corrected chi connectivity index (χ2v) is 5.43. The van der Waals surface area contributed by atoms with Crippen LogP contribution in [0, 0.1) is 0 Å². The lowest BCUT2D eigenvalue weighted by molar-refractivity contribution is 0.102. The molecule has 0 radical (unpaired) electrons. The Kier molecular flexibility index (Phi) is 5.36. The van der Waals surface area contributed by atoms with Crippen molar-refractivity contribution in [2.24, 2.45) is 0 Å². The van der Waals surface area contributed by atoms with Gasteiger partial charge in [0.05, 0.1) is 0 Å². The monoisotopic (exact) mass is 331 g/mol. The van der Waals surface area contributed by atoms with E-state index in [1.165, 1.54) is 11.1 Å². The van der Waals surface area contributed by atoms with Crippen LogP contribution in [-0.4, -0.2) is 11.2 Å². The number of nitrogens with one attached hydrogen (secondary N) is 1. The fourth-order valence-electron chi connectivity index (χ4n) is 1.96. The zero-order valence-corrected chi connectivity index (χ0v) is 13.1. The Bertz CT molecular complexity index is 561. The highest BCUT2D eigenvalue weighted by Crippen LogP contribution is 2.13. The second kappa shape index (κ2) is 7.25. The molecular formula is C17H18BrNO. The molecule has 0 bridgehead atoms. The van der Waals surface area contributed by atoms with Gasteiger partial charge in [-0.3, -0.25) is 4.79 Å². The Balaban J connectivity index is 2.02. The molecule has 0 unspecified atom stereocenters. The number of hydrogen-bond acceptors (Lipinski definition) is 1. The normalized spacial score (nSPS) is 10.3. The van der Waals surface area contributed by atoms with Crippen molar-refractivity contribution in [3.05, 3.63) is 65.2 Å². The molecule has 0 saturated heterocycles. The summed E-state index contributed by atoms with van der Waals surface area (Å²) >= 11 is 3.42. The minimum atomic E-state index is -0.0686. The summed E-state index contributed by atoms with van der Waals surface area (Å²) in [4.78, 5) is 12.1. The quantitative estimate of drug-likeness (QED) is 0.806. The average molecular weight is 332 g/mol. The van der Waals surface area contributed by atoms with Crippen molar-refractivity contribution in [3.63, 3.8) is 0 Å². The highest BCUT2D eigenvalue weighted by molar-refractivity contribution is 9.09. The van der Waals surface area contributed by atoms with Crippen LogP contribution in [0.2, 0.25) is 0 Å². The molecule has 2 rings (SSSR count). The molecule has 0 aromatic heterocycles. The van der Waals surface area contributed by atoms with Gasteiger partial charge in [-0.1, -0.05) is 47.1 Å². The Morgan fingerprint density at radius 2 is 1.60 bits per heavy atom. The van der Waals surface area contributed by atoms with Crippen LogP contribution in [0.25, 0.3) is 0 Å². The van der Waals surface area contributed by atoms with E-state index < -0.39 is 0 Å². The second-order valence-electron chi connectivity index (χ2n) is 4.64. The lowest BCUT2D eigenvalue weighted by Gasteiger charge is -2.07. The van der Waals surface area contributed by atoms with Gasteiger partial charge in [-0.25, -0.2) is 0 Å². The summed E-state index contributed by atoms with van der Waals surface area (Å²) in [5, 5.41) is 3.86. The van der Waals surface area contributed by atoms with Crippen molar-refractivity contribution in [2.75, 3.05) is 10.6 Å². The van der Waals surface area contributed by atoms with E-state index in [-0.39, 0.29) is 5.91 Å². The van der Waals surface area contributed by atoms with Crippen molar-refractivity contribution in [1.82, 2.24) is 0 Å². The van der Waals surface area contributed by atoms with Gasteiger partial charge in [-0.2, -0.15) is 0 Å². The maximum absolute atomic E-state index is 12.1. The van der Waals surface area contributed by atoms with Crippen LogP contribution >= 0.6 is 15.9 Å². The van der Waals surface area contributed by atoms with E-state index in [0.717, 1.165) is 23.9 Å². The van der Waals surface area contributed by atoms with Gasteiger partial charge in [0.25, 0.3) is 5.91 Å². The Morgan fingerprint density at radius 3 is 2.15 bits per heavy atom. The molecule has 2 aromatic rings. The summed E-state index contributed by atoms with van der Waals surface area (Å²) in [6.45, 7) is 2.10. The number of rotatable bonds is 5. The lowest BCUT2D eigenvalue weighted by Crippen LogP contribution is -2.11. The van der Waals surface area contributed by atoms with E-state index in [9.17, 15) is 4.79 Å². The molecule has 0 aliphatic rings. The molecule has 104 valence electrons. The number of anilines is 1. The third kappa shape index (κ3) is 3.94. The molecule has 0 spiro atoms. The molecule has 20 heavy (non-hydrogen) atoms. The molecule has 1 N–H and O–H groups in total. The van der Waals surface area contributed by atoms with Crippen LogP contribution in [0.5, 0.6) is 0 Å². The highest BCUT2D eigenvalue weighted by Gasteiger charge is 2.05. The van der Waals surface area contributed by atoms with Crippen molar-refractivity contribution >= 4 is 27.5 Å². The standard InChI is InChI=1S/C17H18BrNO/c1-2-13-3-7-15(8-4-13)17(20)19-16-9-5-14(6-10-16)11-12-18/h3-10H,2,11-12H2,1H3,(H,19,20). The number of amides is 1.